The van der Waals surface area contributed by atoms with Crippen molar-refractivity contribution in [2.24, 2.45) is 5.92 Å². The maximum atomic E-state index is 12.5. The van der Waals surface area contributed by atoms with Gasteiger partial charge in [0.05, 0.1) is 25.4 Å². The molecule has 0 saturated heterocycles. The van der Waals surface area contributed by atoms with Gasteiger partial charge in [-0.15, -0.1) is 0 Å². The number of nitrogens with one attached hydrogen (secondary N) is 1. The molecule has 0 spiro atoms. The monoisotopic (exact) mass is 407 g/mol. The lowest BCUT2D eigenvalue weighted by Gasteiger charge is -2.29. The van der Waals surface area contributed by atoms with Gasteiger partial charge in [0, 0.05) is 6.04 Å². The van der Waals surface area contributed by atoms with Crippen LogP contribution in [-0.2, 0) is 9.53 Å². The molecular formula is C22H33NO6. The molecule has 0 heterocycles. The smallest absolute Gasteiger partial charge is 0.338 e. The summed E-state index contributed by atoms with van der Waals surface area (Å²) in [6.07, 6.45) is 4.39. The van der Waals surface area contributed by atoms with Gasteiger partial charge >= 0.3 is 5.97 Å². The van der Waals surface area contributed by atoms with E-state index < -0.39 is 5.97 Å². The zero-order valence-corrected chi connectivity index (χ0v) is 17.9. The Morgan fingerprint density at radius 2 is 1.55 bits per heavy atom. The number of hydrogen-bond acceptors (Lipinski definition) is 6. The minimum absolute atomic E-state index is 0.148. The van der Waals surface area contributed by atoms with Crippen LogP contribution in [0.2, 0.25) is 0 Å². The molecule has 1 saturated carbocycles. The molecule has 2 rings (SSSR count). The number of ether oxygens (including phenoxy) is 4. The van der Waals surface area contributed by atoms with Gasteiger partial charge in [-0.1, -0.05) is 19.8 Å². The van der Waals surface area contributed by atoms with Gasteiger partial charge in [-0.25, -0.2) is 4.79 Å². The summed E-state index contributed by atoms with van der Waals surface area (Å²) in [5.74, 6) is 0.828. The van der Waals surface area contributed by atoms with Crippen molar-refractivity contribution in [2.75, 3.05) is 26.4 Å². The van der Waals surface area contributed by atoms with Crippen molar-refractivity contribution in [3.8, 4) is 17.2 Å². The van der Waals surface area contributed by atoms with Crippen molar-refractivity contribution in [1.82, 2.24) is 5.32 Å². The van der Waals surface area contributed by atoms with Crippen LogP contribution >= 0.6 is 0 Å². The standard InChI is InChI=1S/C22H33NO6/c1-5-26-18-12-16(13-19(27-6-2)21(18)28-7-3)22(25)29-14-20(24)23-17-11-9-8-10-15(17)4/h12-13,15,17H,5-11,14H2,1-4H3,(H,23,24)/t15-,17-/m1/s1. The van der Waals surface area contributed by atoms with Crippen LogP contribution in [0, 0.1) is 5.92 Å². The summed E-state index contributed by atoms with van der Waals surface area (Å²) >= 11 is 0. The Morgan fingerprint density at radius 3 is 2.10 bits per heavy atom. The van der Waals surface area contributed by atoms with E-state index in [1.165, 1.54) is 6.42 Å². The molecule has 7 heteroatoms. The molecule has 1 aromatic rings. The number of carbonyl (C=O) groups is 2. The lowest BCUT2D eigenvalue weighted by atomic mass is 9.86. The number of hydrogen-bond donors (Lipinski definition) is 1. The highest BCUT2D eigenvalue weighted by Gasteiger charge is 2.24. The first-order chi connectivity index (χ1) is 14.0. The van der Waals surface area contributed by atoms with E-state index >= 15 is 0 Å². The molecule has 0 bridgehead atoms. The maximum absolute atomic E-state index is 12.5. The predicted octanol–water partition coefficient (Wildman–Crippen LogP) is 3.73. The Labute approximate surface area is 173 Å². The average Bonchev–Trinajstić information content (AvgIpc) is 2.70. The number of carbonyl (C=O) groups excluding carboxylic acids is 2. The quantitative estimate of drug-likeness (QED) is 0.595. The van der Waals surface area contributed by atoms with Crippen LogP contribution in [0.3, 0.4) is 0 Å². The van der Waals surface area contributed by atoms with E-state index in [9.17, 15) is 9.59 Å². The predicted molar refractivity (Wildman–Crippen MR) is 110 cm³/mol. The fourth-order valence-electron chi connectivity index (χ4n) is 3.50. The molecule has 0 radical (unpaired) electrons. The average molecular weight is 408 g/mol. The van der Waals surface area contributed by atoms with Crippen molar-refractivity contribution >= 4 is 11.9 Å². The van der Waals surface area contributed by atoms with Crippen molar-refractivity contribution in [3.05, 3.63) is 17.7 Å². The number of rotatable bonds is 10. The summed E-state index contributed by atoms with van der Waals surface area (Å²) in [6, 6.07) is 3.26. The molecule has 2 atom stereocenters. The molecule has 0 aromatic heterocycles. The summed E-state index contributed by atoms with van der Waals surface area (Å²) < 4.78 is 22.1. The van der Waals surface area contributed by atoms with Crippen LogP contribution in [0.5, 0.6) is 17.2 Å². The van der Waals surface area contributed by atoms with Gasteiger partial charge in [-0.05, 0) is 51.7 Å². The Bertz CT molecular complexity index is 663. The highest BCUT2D eigenvalue weighted by molar-refractivity contribution is 5.92. The van der Waals surface area contributed by atoms with Crippen LogP contribution < -0.4 is 19.5 Å². The number of esters is 1. The van der Waals surface area contributed by atoms with Gasteiger partial charge in [0.25, 0.3) is 5.91 Å². The Balaban J connectivity index is 2.05. The first-order valence-electron chi connectivity index (χ1n) is 10.5. The molecule has 29 heavy (non-hydrogen) atoms. The second-order valence-electron chi connectivity index (χ2n) is 7.11. The number of benzene rings is 1. The van der Waals surface area contributed by atoms with Gasteiger partial charge in [0.1, 0.15) is 0 Å². The van der Waals surface area contributed by atoms with E-state index in [1.54, 1.807) is 12.1 Å². The molecule has 162 valence electrons. The van der Waals surface area contributed by atoms with Gasteiger partial charge in [-0.2, -0.15) is 0 Å². The molecule has 0 unspecified atom stereocenters. The third kappa shape index (κ3) is 6.54. The Morgan fingerprint density at radius 1 is 0.966 bits per heavy atom. The van der Waals surface area contributed by atoms with Crippen molar-refractivity contribution in [1.29, 1.82) is 0 Å². The second-order valence-corrected chi connectivity index (χ2v) is 7.11. The summed E-state index contributed by atoms with van der Waals surface area (Å²) in [5.41, 5.74) is 0.249. The summed E-state index contributed by atoms with van der Waals surface area (Å²) in [4.78, 5) is 24.7. The minimum Gasteiger partial charge on any atom is -0.490 e. The van der Waals surface area contributed by atoms with Gasteiger partial charge in [0.2, 0.25) is 5.75 Å². The maximum Gasteiger partial charge on any atom is 0.338 e. The zero-order valence-electron chi connectivity index (χ0n) is 17.9. The van der Waals surface area contributed by atoms with E-state index in [4.69, 9.17) is 18.9 Å². The Hall–Kier alpha value is -2.44. The van der Waals surface area contributed by atoms with E-state index in [0.717, 1.165) is 19.3 Å². The lowest BCUT2D eigenvalue weighted by molar-refractivity contribution is -0.125. The minimum atomic E-state index is -0.609. The molecule has 1 aliphatic rings. The van der Waals surface area contributed by atoms with Crippen molar-refractivity contribution in [2.45, 2.75) is 59.4 Å². The normalized spacial score (nSPS) is 18.6. The molecule has 1 amide bonds. The topological polar surface area (TPSA) is 83.1 Å². The molecule has 1 N–H and O–H groups in total. The SMILES string of the molecule is CCOc1cc(C(=O)OCC(=O)N[C@@H]2CCCC[C@H]2C)cc(OCC)c1OCC. The molecule has 7 nitrogen and oxygen atoms in total. The fraction of sp³-hybridized carbons (Fsp3) is 0.636. The van der Waals surface area contributed by atoms with E-state index in [1.807, 2.05) is 20.8 Å². The van der Waals surface area contributed by atoms with Crippen LogP contribution in [0.15, 0.2) is 12.1 Å². The largest absolute Gasteiger partial charge is 0.490 e. The fourth-order valence-corrected chi connectivity index (χ4v) is 3.50. The summed E-state index contributed by atoms with van der Waals surface area (Å²) in [7, 11) is 0. The van der Waals surface area contributed by atoms with Crippen LogP contribution in [0.4, 0.5) is 0 Å². The van der Waals surface area contributed by atoms with Crippen molar-refractivity contribution < 1.29 is 28.5 Å². The van der Waals surface area contributed by atoms with Crippen LogP contribution in [0.1, 0.15) is 63.7 Å². The zero-order chi connectivity index (χ0) is 21.2. The van der Waals surface area contributed by atoms with Gasteiger partial charge in [-0.3, -0.25) is 4.79 Å². The summed E-state index contributed by atoms with van der Waals surface area (Å²) in [6.45, 7) is 8.63. The molecule has 0 aliphatic heterocycles. The Kier molecular flexibility index (Phi) is 9.09. The molecular weight excluding hydrogens is 374 g/mol. The van der Waals surface area contributed by atoms with Crippen LogP contribution in [-0.4, -0.2) is 44.3 Å². The van der Waals surface area contributed by atoms with Gasteiger partial charge in [0.15, 0.2) is 18.1 Å². The van der Waals surface area contributed by atoms with E-state index in [0.29, 0.717) is 43.0 Å². The van der Waals surface area contributed by atoms with E-state index in [2.05, 4.69) is 12.2 Å². The van der Waals surface area contributed by atoms with Gasteiger partial charge < -0.3 is 24.3 Å². The van der Waals surface area contributed by atoms with Crippen LogP contribution in [0.25, 0.3) is 0 Å². The molecule has 1 fully saturated rings. The highest BCUT2D eigenvalue weighted by atomic mass is 16.5. The van der Waals surface area contributed by atoms with Crippen molar-refractivity contribution in [3.63, 3.8) is 0 Å². The van der Waals surface area contributed by atoms with E-state index in [-0.39, 0.29) is 24.1 Å². The third-order valence-electron chi connectivity index (χ3n) is 4.94. The lowest BCUT2D eigenvalue weighted by Crippen LogP contribution is -2.42. The molecule has 1 aliphatic carbocycles. The summed E-state index contributed by atoms with van der Waals surface area (Å²) in [5, 5.41) is 2.98. The highest BCUT2D eigenvalue weighted by Crippen LogP contribution is 2.39. The first kappa shape index (κ1) is 22.8. The third-order valence-corrected chi connectivity index (χ3v) is 4.94. The second kappa shape index (κ2) is 11.5. The first-order valence-corrected chi connectivity index (χ1v) is 10.5. The number of amides is 1. The molecule has 1 aromatic carbocycles.